The zero-order valence-corrected chi connectivity index (χ0v) is 26.5. The Morgan fingerprint density at radius 1 is 1.09 bits per heavy atom. The molecule has 1 aliphatic carbocycles. The molecule has 2 aliphatic rings. The van der Waals surface area contributed by atoms with Gasteiger partial charge in [-0.2, -0.15) is 5.21 Å². The van der Waals surface area contributed by atoms with Gasteiger partial charge in [-0.25, -0.2) is 0 Å². The van der Waals surface area contributed by atoms with Gasteiger partial charge in [-0.15, -0.1) is 10.2 Å². The fraction of sp³-hybridized carbons (Fsp3) is 0.500. The summed E-state index contributed by atoms with van der Waals surface area (Å²) in [7, 11) is 0. The molecule has 11 heteroatoms. The minimum atomic E-state index is -0.635. The van der Waals surface area contributed by atoms with E-state index in [1.165, 1.54) is 0 Å². The van der Waals surface area contributed by atoms with Crippen molar-refractivity contribution in [1.82, 2.24) is 30.8 Å². The minimum absolute atomic E-state index is 0.0928. The largest absolute Gasteiger partial charge is 0.345 e. The molecule has 1 aliphatic heterocycles. The topological polar surface area (TPSA) is 116 Å². The maximum Gasteiger partial charge on any atom is 0.275 e. The number of halogens is 2. The number of hydrogen-bond acceptors (Lipinski definition) is 6. The summed E-state index contributed by atoms with van der Waals surface area (Å²) in [6.45, 7) is 6.90. The summed E-state index contributed by atoms with van der Waals surface area (Å²) < 4.78 is 0. The van der Waals surface area contributed by atoms with Crippen LogP contribution in [0, 0.1) is 11.8 Å². The molecule has 5 rings (SSSR count). The van der Waals surface area contributed by atoms with Crippen LogP contribution in [0.15, 0.2) is 47.5 Å². The summed E-state index contributed by atoms with van der Waals surface area (Å²) in [6.07, 6.45) is 7.55. The van der Waals surface area contributed by atoms with Crippen LogP contribution in [0.25, 0.3) is 0 Å². The molecule has 2 N–H and O–H groups in total. The zero-order valence-electron chi connectivity index (χ0n) is 24.9. The van der Waals surface area contributed by atoms with E-state index < -0.39 is 5.66 Å². The van der Waals surface area contributed by atoms with Crippen LogP contribution in [0.2, 0.25) is 10.0 Å². The van der Waals surface area contributed by atoms with Crippen molar-refractivity contribution in [2.75, 3.05) is 0 Å². The number of unbranched alkanes of at least 4 members (excludes halogenated alkanes) is 2. The van der Waals surface area contributed by atoms with E-state index in [0.717, 1.165) is 56.9 Å². The average Bonchev–Trinajstić information content (AvgIpc) is 3.61. The smallest absolute Gasteiger partial charge is 0.275 e. The Balaban J connectivity index is 1.48. The molecule has 0 saturated heterocycles. The highest BCUT2D eigenvalue weighted by Crippen LogP contribution is 2.48. The number of rotatable bonds is 11. The predicted octanol–water partition coefficient (Wildman–Crippen LogP) is 6.93. The quantitative estimate of drug-likeness (QED) is 0.225. The van der Waals surface area contributed by atoms with Gasteiger partial charge in [0.1, 0.15) is 11.4 Å². The van der Waals surface area contributed by atoms with Gasteiger partial charge in [0.05, 0.1) is 12.6 Å². The molecule has 0 radical (unpaired) electrons. The summed E-state index contributed by atoms with van der Waals surface area (Å²) in [6, 6.07) is 12.6. The number of hydrogen-bond donors (Lipinski definition) is 2. The molecule has 1 atom stereocenters. The number of aliphatic imine (C=N–C) groups is 1. The zero-order chi connectivity index (χ0) is 30.6. The SMILES string of the molecule is CCCCCC(c1ccc(C(=O)NCc2nn[nH]n2)cc1)N1C(=O)C(c2cc(Cl)cc(Cl)c2)=NC12CCC(C(C)C)CC2. The second kappa shape index (κ2) is 13.6. The third-order valence-electron chi connectivity index (χ3n) is 8.85. The molecule has 2 aromatic carbocycles. The van der Waals surface area contributed by atoms with Gasteiger partial charge in [0.15, 0.2) is 5.82 Å². The molecule has 2 amide bonds. The molecule has 0 bridgehead atoms. The summed E-state index contributed by atoms with van der Waals surface area (Å²) in [5.41, 5.74) is 1.95. The molecular formula is C32H39Cl2N7O2. The van der Waals surface area contributed by atoms with Crippen LogP contribution in [-0.4, -0.2) is 48.7 Å². The maximum atomic E-state index is 14.5. The number of tetrazole rings is 1. The highest BCUT2D eigenvalue weighted by Gasteiger charge is 2.52. The lowest BCUT2D eigenvalue weighted by Gasteiger charge is -2.46. The molecule has 1 spiro atoms. The predicted molar refractivity (Wildman–Crippen MR) is 168 cm³/mol. The molecule has 1 unspecified atom stereocenters. The normalized spacial score (nSPS) is 21.0. The van der Waals surface area contributed by atoms with Gasteiger partial charge in [-0.05, 0) is 79.8 Å². The fourth-order valence-corrected chi connectivity index (χ4v) is 6.98. The standard InChI is InChI=1S/C32H39Cl2N7O2/c1-4-5-6-7-27(22-8-10-23(11-9-22)30(42)35-19-28-37-39-40-38-28)41-31(43)29(24-16-25(33)18-26(34)17-24)36-32(41)14-12-21(13-15-32)20(2)3/h8-11,16-18,20-21,27H,4-7,12-15,19H2,1-3H3,(H,35,42)(H,37,38,39,40). The molecule has 1 fully saturated rings. The van der Waals surface area contributed by atoms with Crippen LogP contribution in [0.5, 0.6) is 0 Å². The number of amides is 2. The van der Waals surface area contributed by atoms with Gasteiger partial charge >= 0.3 is 0 Å². The lowest BCUT2D eigenvalue weighted by atomic mass is 9.76. The number of benzene rings is 2. The van der Waals surface area contributed by atoms with Crippen LogP contribution in [0.4, 0.5) is 0 Å². The number of aromatic nitrogens is 4. The summed E-state index contributed by atoms with van der Waals surface area (Å²) in [5.74, 6) is 1.26. The fourth-order valence-electron chi connectivity index (χ4n) is 6.45. The maximum absolute atomic E-state index is 14.5. The molecule has 2 heterocycles. The van der Waals surface area contributed by atoms with Crippen LogP contribution < -0.4 is 5.32 Å². The van der Waals surface area contributed by atoms with Crippen molar-refractivity contribution in [2.45, 2.75) is 90.4 Å². The van der Waals surface area contributed by atoms with E-state index in [1.54, 1.807) is 18.2 Å². The number of nitrogens with one attached hydrogen (secondary N) is 2. The van der Waals surface area contributed by atoms with Gasteiger partial charge in [0, 0.05) is 21.2 Å². The highest BCUT2D eigenvalue weighted by atomic mass is 35.5. The van der Waals surface area contributed by atoms with Gasteiger partial charge in [-0.3, -0.25) is 14.6 Å². The van der Waals surface area contributed by atoms with Crippen LogP contribution in [0.1, 0.15) is 105 Å². The summed E-state index contributed by atoms with van der Waals surface area (Å²) in [5, 5.41) is 17.4. The number of H-pyrrole nitrogens is 1. The molecule has 9 nitrogen and oxygen atoms in total. The Hall–Kier alpha value is -3.30. The number of carbonyl (C=O) groups excluding carboxylic acids is 2. The van der Waals surface area contributed by atoms with E-state index in [1.807, 2.05) is 24.3 Å². The first-order chi connectivity index (χ1) is 20.7. The first kappa shape index (κ1) is 31.1. The average molecular weight is 625 g/mol. The molecule has 228 valence electrons. The monoisotopic (exact) mass is 623 g/mol. The molecule has 3 aromatic rings. The second-order valence-corrected chi connectivity index (χ2v) is 12.9. The number of aromatic amines is 1. The molecule has 43 heavy (non-hydrogen) atoms. The lowest BCUT2D eigenvalue weighted by molar-refractivity contribution is -0.133. The van der Waals surface area contributed by atoms with Crippen molar-refractivity contribution in [3.63, 3.8) is 0 Å². The van der Waals surface area contributed by atoms with E-state index in [0.29, 0.717) is 44.5 Å². The number of nitrogens with zero attached hydrogens (tertiary/aromatic N) is 5. The van der Waals surface area contributed by atoms with Gasteiger partial charge in [0.2, 0.25) is 0 Å². The highest BCUT2D eigenvalue weighted by molar-refractivity contribution is 6.47. The van der Waals surface area contributed by atoms with Gasteiger partial charge in [0.25, 0.3) is 11.8 Å². The Labute approximate surface area is 262 Å². The van der Waals surface area contributed by atoms with E-state index in [9.17, 15) is 9.59 Å². The van der Waals surface area contributed by atoms with E-state index in [4.69, 9.17) is 28.2 Å². The van der Waals surface area contributed by atoms with Crippen LogP contribution >= 0.6 is 23.2 Å². The van der Waals surface area contributed by atoms with Crippen molar-refractivity contribution in [1.29, 1.82) is 0 Å². The Morgan fingerprint density at radius 3 is 2.40 bits per heavy atom. The third-order valence-corrected chi connectivity index (χ3v) is 9.28. The summed E-state index contributed by atoms with van der Waals surface area (Å²) in [4.78, 5) is 34.6. The van der Waals surface area contributed by atoms with Crippen molar-refractivity contribution in [2.24, 2.45) is 16.8 Å². The molecular weight excluding hydrogens is 585 g/mol. The van der Waals surface area contributed by atoms with Gasteiger partial charge < -0.3 is 10.2 Å². The Morgan fingerprint density at radius 2 is 1.79 bits per heavy atom. The van der Waals surface area contributed by atoms with E-state index in [2.05, 4.69) is 51.6 Å². The first-order valence-electron chi connectivity index (χ1n) is 15.2. The van der Waals surface area contributed by atoms with Crippen molar-refractivity contribution in [3.05, 3.63) is 75.0 Å². The second-order valence-electron chi connectivity index (χ2n) is 12.0. The van der Waals surface area contributed by atoms with E-state index >= 15 is 0 Å². The Kier molecular flexibility index (Phi) is 9.82. The Bertz CT molecular complexity index is 1430. The van der Waals surface area contributed by atoms with E-state index in [-0.39, 0.29) is 24.4 Å². The van der Waals surface area contributed by atoms with Crippen molar-refractivity contribution < 1.29 is 9.59 Å². The molecule has 1 saturated carbocycles. The van der Waals surface area contributed by atoms with Crippen molar-refractivity contribution >= 4 is 40.7 Å². The third kappa shape index (κ3) is 6.93. The molecule has 1 aromatic heterocycles. The van der Waals surface area contributed by atoms with Gasteiger partial charge in [-0.1, -0.05) is 80.6 Å². The first-order valence-corrected chi connectivity index (χ1v) is 16.0. The summed E-state index contributed by atoms with van der Waals surface area (Å²) >= 11 is 12.7. The van der Waals surface area contributed by atoms with Crippen molar-refractivity contribution in [3.8, 4) is 0 Å². The number of carbonyl (C=O) groups is 2. The minimum Gasteiger partial charge on any atom is -0.345 e. The van der Waals surface area contributed by atoms with Crippen LogP contribution in [0.3, 0.4) is 0 Å². The lowest BCUT2D eigenvalue weighted by Crippen LogP contribution is -2.51. The van der Waals surface area contributed by atoms with Crippen LogP contribution in [-0.2, 0) is 11.3 Å².